The van der Waals surface area contributed by atoms with Crippen LogP contribution in [0.15, 0.2) is 53.9 Å². The van der Waals surface area contributed by atoms with Gasteiger partial charge < -0.3 is 10.6 Å². The summed E-state index contributed by atoms with van der Waals surface area (Å²) in [6.45, 7) is 6.43. The Balaban J connectivity index is 1.72. The van der Waals surface area contributed by atoms with E-state index in [1.807, 2.05) is 26.0 Å². The van der Waals surface area contributed by atoms with E-state index < -0.39 is 0 Å². The molecule has 0 fully saturated rings. The summed E-state index contributed by atoms with van der Waals surface area (Å²) >= 11 is 8.04. The van der Waals surface area contributed by atoms with Gasteiger partial charge in [0.2, 0.25) is 0 Å². The minimum Gasteiger partial charge on any atom is -0.328 e. The predicted molar refractivity (Wildman–Crippen MR) is 118 cm³/mol. The molecule has 0 saturated heterocycles. The summed E-state index contributed by atoms with van der Waals surface area (Å²) in [5, 5.41) is 7.72. The van der Waals surface area contributed by atoms with E-state index in [1.54, 1.807) is 11.3 Å². The van der Waals surface area contributed by atoms with Crippen LogP contribution in [-0.2, 0) is 11.2 Å². The predicted octanol–water partition coefficient (Wildman–Crippen LogP) is 4.87. The molecule has 3 nitrogen and oxygen atoms in total. The number of nitrogens with two attached hydrogens (primary N) is 1. The third-order valence-electron chi connectivity index (χ3n) is 4.83. The minimum atomic E-state index is -0.0550. The van der Waals surface area contributed by atoms with Crippen molar-refractivity contribution in [1.29, 1.82) is 0 Å². The number of thiophene rings is 1. The van der Waals surface area contributed by atoms with Crippen LogP contribution in [0.1, 0.15) is 40.1 Å². The number of hydrogen-bond acceptors (Lipinski definition) is 2. The average molecular weight is 414 g/mol. The van der Waals surface area contributed by atoms with E-state index in [4.69, 9.17) is 11.6 Å². The zero-order valence-electron chi connectivity index (χ0n) is 16.5. The molecule has 0 aliphatic carbocycles. The summed E-state index contributed by atoms with van der Waals surface area (Å²) in [7, 11) is 0. The minimum absolute atomic E-state index is 0.0550. The number of aryl methyl sites for hydroxylation is 3. The normalized spacial score (nSPS) is 12.0. The lowest BCUT2D eigenvalue weighted by molar-refractivity contribution is -0.675. The fourth-order valence-corrected chi connectivity index (χ4v) is 4.55. The van der Waals surface area contributed by atoms with E-state index >= 15 is 0 Å². The van der Waals surface area contributed by atoms with Crippen molar-refractivity contribution in [2.24, 2.45) is 0 Å². The van der Waals surface area contributed by atoms with Crippen LogP contribution in [0, 0.1) is 13.8 Å². The fourth-order valence-electron chi connectivity index (χ4n) is 3.33. The van der Waals surface area contributed by atoms with Gasteiger partial charge in [0.25, 0.3) is 5.91 Å². The van der Waals surface area contributed by atoms with Gasteiger partial charge in [-0.05, 0) is 54.5 Å². The van der Waals surface area contributed by atoms with Crippen molar-refractivity contribution in [2.75, 3.05) is 11.9 Å². The molecule has 1 aromatic heterocycles. The second kappa shape index (κ2) is 9.37. The second-order valence-corrected chi connectivity index (χ2v) is 8.40. The third-order valence-corrected chi connectivity index (χ3v) is 6.09. The SMILES string of the molecule is CCc1ccc([C@H]([NH2+]CC(=O)Nc2c(C)cc(C)cc2Cl)c2cccs2)cc1. The van der Waals surface area contributed by atoms with Crippen LogP contribution in [0.4, 0.5) is 5.69 Å². The highest BCUT2D eigenvalue weighted by Gasteiger charge is 2.20. The van der Waals surface area contributed by atoms with Crippen molar-refractivity contribution in [2.45, 2.75) is 33.2 Å². The zero-order chi connectivity index (χ0) is 20.1. The van der Waals surface area contributed by atoms with E-state index in [9.17, 15) is 4.79 Å². The quantitative estimate of drug-likeness (QED) is 0.570. The number of rotatable bonds is 7. The smallest absolute Gasteiger partial charge is 0.279 e. The number of benzene rings is 2. The lowest BCUT2D eigenvalue weighted by Crippen LogP contribution is -2.87. The molecule has 1 atom stereocenters. The molecule has 0 aliphatic rings. The number of carbonyl (C=O) groups excluding carboxylic acids is 1. The van der Waals surface area contributed by atoms with Crippen molar-refractivity contribution in [1.82, 2.24) is 0 Å². The Hall–Kier alpha value is -2.14. The molecule has 1 amide bonds. The number of carbonyl (C=O) groups is 1. The van der Waals surface area contributed by atoms with Gasteiger partial charge in [0.1, 0.15) is 6.04 Å². The first-order valence-corrected chi connectivity index (χ1v) is 10.8. The first kappa shape index (κ1) is 20.6. The molecule has 0 unspecified atom stereocenters. The van der Waals surface area contributed by atoms with E-state index in [1.165, 1.54) is 16.0 Å². The fraction of sp³-hybridized carbons (Fsp3) is 0.261. The molecule has 3 aromatic rings. The molecule has 0 radical (unpaired) electrons. The van der Waals surface area contributed by atoms with Crippen molar-refractivity contribution in [3.05, 3.63) is 86.1 Å². The number of halogens is 1. The summed E-state index contributed by atoms with van der Waals surface area (Å²) in [5.74, 6) is -0.0550. The number of amides is 1. The summed E-state index contributed by atoms with van der Waals surface area (Å²) in [5.41, 5.74) is 5.28. The van der Waals surface area contributed by atoms with Crippen LogP contribution in [0.25, 0.3) is 0 Å². The van der Waals surface area contributed by atoms with E-state index in [0.717, 1.165) is 17.5 Å². The van der Waals surface area contributed by atoms with Crippen LogP contribution in [0.5, 0.6) is 0 Å². The zero-order valence-corrected chi connectivity index (χ0v) is 18.0. The largest absolute Gasteiger partial charge is 0.328 e. The standard InChI is InChI=1S/C23H25ClN2OS/c1-4-17-7-9-18(10-8-17)23(20-6-5-11-28-20)25-14-21(27)26-22-16(3)12-15(2)13-19(22)24/h5-13,23,25H,4,14H2,1-3H3,(H,26,27)/p+1/t23-/m0/s1. The molecule has 28 heavy (non-hydrogen) atoms. The summed E-state index contributed by atoms with van der Waals surface area (Å²) in [6.07, 6.45) is 1.02. The lowest BCUT2D eigenvalue weighted by Gasteiger charge is -2.16. The summed E-state index contributed by atoms with van der Waals surface area (Å²) < 4.78 is 0. The Morgan fingerprint density at radius 2 is 1.93 bits per heavy atom. The third kappa shape index (κ3) is 5.02. The van der Waals surface area contributed by atoms with E-state index in [0.29, 0.717) is 17.3 Å². The van der Waals surface area contributed by atoms with Crippen molar-refractivity contribution in [3.63, 3.8) is 0 Å². The Morgan fingerprint density at radius 3 is 2.54 bits per heavy atom. The topological polar surface area (TPSA) is 45.7 Å². The molecule has 0 spiro atoms. The first-order valence-electron chi connectivity index (χ1n) is 9.50. The number of hydrogen-bond donors (Lipinski definition) is 2. The van der Waals surface area contributed by atoms with Crippen LogP contribution >= 0.6 is 22.9 Å². The van der Waals surface area contributed by atoms with Crippen molar-refractivity contribution < 1.29 is 10.1 Å². The van der Waals surface area contributed by atoms with E-state index in [-0.39, 0.29) is 11.9 Å². The van der Waals surface area contributed by atoms with Gasteiger partial charge in [-0.1, -0.05) is 54.9 Å². The van der Waals surface area contributed by atoms with E-state index in [2.05, 4.69) is 59.3 Å². The number of nitrogens with one attached hydrogen (secondary N) is 1. The number of quaternary nitrogens is 1. The van der Waals surface area contributed by atoms with Crippen LogP contribution in [0.2, 0.25) is 5.02 Å². The molecule has 5 heteroatoms. The molecule has 146 valence electrons. The molecule has 3 rings (SSSR count). The molecular weight excluding hydrogens is 388 g/mol. The maximum Gasteiger partial charge on any atom is 0.279 e. The molecule has 0 saturated carbocycles. The second-order valence-electron chi connectivity index (χ2n) is 7.01. The Bertz CT molecular complexity index is 913. The molecule has 0 aliphatic heterocycles. The van der Waals surface area contributed by atoms with Gasteiger partial charge in [0.15, 0.2) is 6.54 Å². The maximum atomic E-state index is 12.6. The van der Waals surface area contributed by atoms with Crippen molar-refractivity contribution in [3.8, 4) is 0 Å². The highest BCUT2D eigenvalue weighted by molar-refractivity contribution is 7.10. The van der Waals surface area contributed by atoms with Crippen LogP contribution < -0.4 is 10.6 Å². The van der Waals surface area contributed by atoms with Crippen LogP contribution in [-0.4, -0.2) is 12.5 Å². The van der Waals surface area contributed by atoms with Crippen molar-refractivity contribution >= 4 is 34.5 Å². The highest BCUT2D eigenvalue weighted by atomic mass is 35.5. The number of anilines is 1. The van der Waals surface area contributed by atoms with Gasteiger partial charge in [0.05, 0.1) is 15.6 Å². The molecular formula is C23H26ClN2OS+. The molecule has 3 N–H and O–H groups in total. The lowest BCUT2D eigenvalue weighted by atomic mass is 10.0. The van der Waals surface area contributed by atoms with Gasteiger partial charge in [-0.25, -0.2) is 0 Å². The first-order chi connectivity index (χ1) is 13.5. The molecule has 0 bridgehead atoms. The maximum absolute atomic E-state index is 12.6. The Labute approximate surface area is 175 Å². The molecule has 1 heterocycles. The van der Waals surface area contributed by atoms with Gasteiger partial charge in [-0.2, -0.15) is 0 Å². The van der Waals surface area contributed by atoms with Gasteiger partial charge >= 0.3 is 0 Å². The Morgan fingerprint density at radius 1 is 1.18 bits per heavy atom. The van der Waals surface area contributed by atoms with Gasteiger partial charge in [-0.15, -0.1) is 11.3 Å². The van der Waals surface area contributed by atoms with Gasteiger partial charge in [0, 0.05) is 5.56 Å². The molecule has 2 aromatic carbocycles. The average Bonchev–Trinajstić information content (AvgIpc) is 3.20. The summed E-state index contributed by atoms with van der Waals surface area (Å²) in [6, 6.07) is 16.8. The Kier molecular flexibility index (Phi) is 6.89. The highest BCUT2D eigenvalue weighted by Crippen LogP contribution is 2.27. The summed E-state index contributed by atoms with van der Waals surface area (Å²) in [4.78, 5) is 13.8. The van der Waals surface area contributed by atoms with Gasteiger partial charge in [-0.3, -0.25) is 4.79 Å². The van der Waals surface area contributed by atoms with Crippen LogP contribution in [0.3, 0.4) is 0 Å². The monoisotopic (exact) mass is 413 g/mol.